The predicted octanol–water partition coefficient (Wildman–Crippen LogP) is 4.92. The Hall–Kier alpha value is -2.64. The third kappa shape index (κ3) is 4.12. The molecule has 8 heteroatoms. The minimum atomic E-state index is -4.76. The van der Waals surface area contributed by atoms with Gasteiger partial charge in [-0.2, -0.15) is 13.2 Å². The van der Waals surface area contributed by atoms with Gasteiger partial charge in [0.1, 0.15) is 5.82 Å². The monoisotopic (exact) mass is 372 g/mol. The first-order valence-corrected chi connectivity index (χ1v) is 7.79. The van der Waals surface area contributed by atoms with Gasteiger partial charge in [0.2, 0.25) is 0 Å². The summed E-state index contributed by atoms with van der Waals surface area (Å²) in [4.78, 5) is 15.4. The maximum absolute atomic E-state index is 13.5. The van der Waals surface area contributed by atoms with Crippen molar-refractivity contribution in [3.8, 4) is 11.3 Å². The molecule has 142 valence electrons. The molecular formula is C18H20F4N2O2. The van der Waals surface area contributed by atoms with Gasteiger partial charge in [-0.05, 0) is 37.1 Å². The Morgan fingerprint density at radius 2 is 1.77 bits per heavy atom. The molecule has 0 fully saturated rings. The first kappa shape index (κ1) is 21.4. The molecule has 1 aromatic carbocycles. The number of nitrogen functional groups attached to an aromatic ring is 1. The molecule has 4 nitrogen and oxygen atoms in total. The normalized spacial score (nSPS) is 10.8. The van der Waals surface area contributed by atoms with Crippen LogP contribution in [-0.4, -0.2) is 18.1 Å². The highest BCUT2D eigenvalue weighted by Gasteiger charge is 2.37. The van der Waals surface area contributed by atoms with Crippen molar-refractivity contribution in [3.05, 3.63) is 46.4 Å². The lowest BCUT2D eigenvalue weighted by Gasteiger charge is -2.19. The fourth-order valence-electron chi connectivity index (χ4n) is 2.34. The van der Waals surface area contributed by atoms with Crippen molar-refractivity contribution in [2.75, 3.05) is 12.8 Å². The van der Waals surface area contributed by atoms with Crippen molar-refractivity contribution in [3.63, 3.8) is 0 Å². The first-order valence-electron chi connectivity index (χ1n) is 7.79. The third-order valence-electron chi connectivity index (χ3n) is 3.64. The van der Waals surface area contributed by atoms with Gasteiger partial charge in [-0.1, -0.05) is 13.8 Å². The second-order valence-corrected chi connectivity index (χ2v) is 5.19. The standard InChI is InChI=1S/C16H14F4N2O2.C2H6/c1-7-4-12(22-6-11(7)17)13-8(2)14(21)9(15(23)24-3)5-10(13)16(18,19)20;1-2/h4-6H,21H2,1-3H3;1-2H3. The Morgan fingerprint density at radius 1 is 1.19 bits per heavy atom. The van der Waals surface area contributed by atoms with E-state index >= 15 is 0 Å². The summed E-state index contributed by atoms with van der Waals surface area (Å²) in [6, 6.07) is 1.83. The molecule has 2 rings (SSSR count). The van der Waals surface area contributed by atoms with Crippen molar-refractivity contribution < 1.29 is 27.1 Å². The average Bonchev–Trinajstić information content (AvgIpc) is 2.59. The van der Waals surface area contributed by atoms with Gasteiger partial charge in [-0.25, -0.2) is 9.18 Å². The van der Waals surface area contributed by atoms with E-state index in [0.717, 1.165) is 13.3 Å². The summed E-state index contributed by atoms with van der Waals surface area (Å²) in [7, 11) is 1.04. The number of hydrogen-bond acceptors (Lipinski definition) is 4. The molecule has 0 atom stereocenters. The van der Waals surface area contributed by atoms with Gasteiger partial charge in [0.05, 0.1) is 30.1 Å². The van der Waals surface area contributed by atoms with Crippen molar-refractivity contribution in [1.29, 1.82) is 0 Å². The highest BCUT2D eigenvalue weighted by Crippen LogP contribution is 2.42. The predicted molar refractivity (Wildman–Crippen MR) is 91.2 cm³/mol. The molecule has 0 aliphatic rings. The zero-order chi connectivity index (χ0) is 20.2. The number of ether oxygens (including phenoxy) is 1. The Morgan fingerprint density at radius 3 is 2.23 bits per heavy atom. The molecule has 2 N–H and O–H groups in total. The number of esters is 1. The number of rotatable bonds is 2. The van der Waals surface area contributed by atoms with Gasteiger partial charge in [0.25, 0.3) is 0 Å². The molecule has 0 saturated carbocycles. The van der Waals surface area contributed by atoms with Crippen LogP contribution in [0.4, 0.5) is 23.2 Å². The van der Waals surface area contributed by atoms with E-state index in [1.54, 1.807) is 0 Å². The number of aromatic nitrogens is 1. The number of halogens is 4. The largest absolute Gasteiger partial charge is 0.465 e. The second-order valence-electron chi connectivity index (χ2n) is 5.19. The quantitative estimate of drug-likeness (QED) is 0.462. The first-order chi connectivity index (χ1) is 12.1. The van der Waals surface area contributed by atoms with Gasteiger partial charge in [0, 0.05) is 11.3 Å². The van der Waals surface area contributed by atoms with Crippen LogP contribution >= 0.6 is 0 Å². The van der Waals surface area contributed by atoms with Crippen LogP contribution in [0.1, 0.15) is 40.9 Å². The van der Waals surface area contributed by atoms with Crippen LogP contribution in [0.3, 0.4) is 0 Å². The van der Waals surface area contributed by atoms with E-state index in [4.69, 9.17) is 5.73 Å². The molecule has 1 aromatic heterocycles. The Balaban J connectivity index is 0.00000163. The lowest BCUT2D eigenvalue weighted by Crippen LogP contribution is -2.15. The van der Waals surface area contributed by atoms with Gasteiger partial charge in [-0.3, -0.25) is 4.98 Å². The van der Waals surface area contributed by atoms with E-state index in [1.165, 1.54) is 19.9 Å². The maximum atomic E-state index is 13.5. The fourth-order valence-corrected chi connectivity index (χ4v) is 2.34. The number of benzene rings is 1. The average molecular weight is 372 g/mol. The maximum Gasteiger partial charge on any atom is 0.417 e. The summed E-state index contributed by atoms with van der Waals surface area (Å²) < 4.78 is 58.3. The molecule has 0 bridgehead atoms. The van der Waals surface area contributed by atoms with E-state index in [9.17, 15) is 22.4 Å². The van der Waals surface area contributed by atoms with Crippen LogP contribution in [0.2, 0.25) is 0 Å². The molecule has 0 radical (unpaired) electrons. The number of carbonyl (C=O) groups is 1. The molecule has 26 heavy (non-hydrogen) atoms. The number of aryl methyl sites for hydroxylation is 1. The van der Waals surface area contributed by atoms with Crippen LogP contribution < -0.4 is 5.73 Å². The van der Waals surface area contributed by atoms with Gasteiger partial charge < -0.3 is 10.5 Å². The number of methoxy groups -OCH3 is 1. The molecule has 0 aliphatic heterocycles. The lowest BCUT2D eigenvalue weighted by atomic mass is 9.92. The van der Waals surface area contributed by atoms with E-state index in [1.807, 2.05) is 13.8 Å². The molecule has 0 amide bonds. The van der Waals surface area contributed by atoms with Crippen molar-refractivity contribution in [2.24, 2.45) is 0 Å². The number of nitrogens with zero attached hydrogens (tertiary/aromatic N) is 1. The van der Waals surface area contributed by atoms with Gasteiger partial charge >= 0.3 is 12.1 Å². The Labute approximate surface area is 149 Å². The molecule has 0 spiro atoms. The smallest absolute Gasteiger partial charge is 0.417 e. The SMILES string of the molecule is CC.COC(=O)c1cc(C(F)(F)F)c(-c2cc(C)c(F)cn2)c(C)c1N. The number of alkyl halides is 3. The number of anilines is 1. The van der Waals surface area contributed by atoms with Crippen LogP contribution in [0.15, 0.2) is 18.3 Å². The fraction of sp³-hybridized carbons (Fsp3) is 0.333. The summed E-state index contributed by atoms with van der Waals surface area (Å²) in [6.45, 7) is 6.75. The molecular weight excluding hydrogens is 352 g/mol. The third-order valence-corrected chi connectivity index (χ3v) is 3.64. The highest BCUT2D eigenvalue weighted by atomic mass is 19.4. The summed E-state index contributed by atoms with van der Waals surface area (Å²) in [5.41, 5.74) is 3.97. The molecule has 2 aromatic rings. The van der Waals surface area contributed by atoms with Crippen LogP contribution in [0.5, 0.6) is 0 Å². The number of pyridine rings is 1. The summed E-state index contributed by atoms with van der Waals surface area (Å²) in [5, 5.41) is 0. The molecule has 0 aliphatic carbocycles. The number of nitrogens with two attached hydrogens (primary N) is 1. The number of carbonyl (C=O) groups excluding carboxylic acids is 1. The van der Waals surface area contributed by atoms with E-state index in [-0.39, 0.29) is 33.6 Å². The van der Waals surface area contributed by atoms with Gasteiger partial charge in [-0.15, -0.1) is 0 Å². The summed E-state index contributed by atoms with van der Waals surface area (Å²) in [5.74, 6) is -1.61. The van der Waals surface area contributed by atoms with Crippen LogP contribution in [0.25, 0.3) is 11.3 Å². The van der Waals surface area contributed by atoms with E-state index in [0.29, 0.717) is 6.07 Å². The zero-order valence-corrected chi connectivity index (χ0v) is 15.1. The van der Waals surface area contributed by atoms with Gasteiger partial charge in [0.15, 0.2) is 0 Å². The van der Waals surface area contributed by atoms with E-state index < -0.39 is 23.5 Å². The Bertz CT molecular complexity index is 818. The second kappa shape index (κ2) is 8.16. The highest BCUT2D eigenvalue weighted by molar-refractivity contribution is 5.98. The van der Waals surface area contributed by atoms with E-state index in [2.05, 4.69) is 9.72 Å². The van der Waals surface area contributed by atoms with Crippen LogP contribution in [0, 0.1) is 19.7 Å². The lowest BCUT2D eigenvalue weighted by molar-refractivity contribution is -0.137. The minimum absolute atomic E-state index is 0.0173. The summed E-state index contributed by atoms with van der Waals surface area (Å²) in [6.07, 6.45) is -3.92. The number of hydrogen-bond donors (Lipinski definition) is 1. The van der Waals surface area contributed by atoms with Crippen LogP contribution in [-0.2, 0) is 10.9 Å². The molecule has 0 unspecified atom stereocenters. The molecule has 1 heterocycles. The summed E-state index contributed by atoms with van der Waals surface area (Å²) >= 11 is 0. The topological polar surface area (TPSA) is 65.2 Å². The molecule has 0 saturated heterocycles. The van der Waals surface area contributed by atoms with Crippen molar-refractivity contribution in [1.82, 2.24) is 4.98 Å². The minimum Gasteiger partial charge on any atom is -0.465 e. The zero-order valence-electron chi connectivity index (χ0n) is 15.1. The van der Waals surface area contributed by atoms with Crippen molar-refractivity contribution in [2.45, 2.75) is 33.9 Å². The van der Waals surface area contributed by atoms with Crippen molar-refractivity contribution >= 4 is 11.7 Å². The Kier molecular flexibility index (Phi) is 6.72.